The smallest absolute Gasteiger partial charge is 0.370 e. The molecule has 1 saturated carbocycles. The highest BCUT2D eigenvalue weighted by molar-refractivity contribution is 6.35. The van der Waals surface area contributed by atoms with Gasteiger partial charge in [0.2, 0.25) is 0 Å². The zero-order valence-electron chi connectivity index (χ0n) is 17.1. The number of nitrogens with one attached hydrogen (secondary N) is 2. The number of amidine groups is 1. The molecule has 0 aromatic heterocycles. The molecule has 0 spiro atoms. The quantitative estimate of drug-likeness (QED) is 0.572. The van der Waals surface area contributed by atoms with Crippen molar-refractivity contribution in [3.63, 3.8) is 0 Å². The molecule has 2 aliphatic rings. The lowest BCUT2D eigenvalue weighted by Crippen LogP contribution is -2.39. The van der Waals surface area contributed by atoms with Crippen LogP contribution in [0.3, 0.4) is 0 Å². The van der Waals surface area contributed by atoms with Gasteiger partial charge in [-0.1, -0.05) is 29.3 Å². The van der Waals surface area contributed by atoms with Gasteiger partial charge < -0.3 is 10.6 Å². The van der Waals surface area contributed by atoms with Gasteiger partial charge in [-0.05, 0) is 67.5 Å². The van der Waals surface area contributed by atoms with E-state index in [1.165, 1.54) is 12.1 Å². The maximum absolute atomic E-state index is 13.0. The summed E-state index contributed by atoms with van der Waals surface area (Å²) in [6, 6.07) is 8.60. The van der Waals surface area contributed by atoms with E-state index in [0.717, 1.165) is 37.3 Å². The molecule has 32 heavy (non-hydrogen) atoms. The summed E-state index contributed by atoms with van der Waals surface area (Å²) in [4.78, 5) is 16.9. The number of carbonyl (C=O) groups is 1. The van der Waals surface area contributed by atoms with Gasteiger partial charge in [0, 0.05) is 23.2 Å². The highest BCUT2D eigenvalue weighted by atomic mass is 35.5. The van der Waals surface area contributed by atoms with Crippen LogP contribution in [0, 0.1) is 5.92 Å². The van der Waals surface area contributed by atoms with Gasteiger partial charge in [-0.3, -0.25) is 9.79 Å². The van der Waals surface area contributed by atoms with Crippen molar-refractivity contribution < 1.29 is 18.0 Å². The Morgan fingerprint density at radius 3 is 2.53 bits per heavy atom. The number of rotatable bonds is 4. The van der Waals surface area contributed by atoms with E-state index >= 15 is 0 Å². The minimum Gasteiger partial charge on any atom is -0.370 e. The number of alkyl halides is 3. The second-order valence-electron chi connectivity index (χ2n) is 8.23. The van der Waals surface area contributed by atoms with Crippen LogP contribution in [0.5, 0.6) is 0 Å². The van der Waals surface area contributed by atoms with Crippen molar-refractivity contribution in [1.82, 2.24) is 10.6 Å². The lowest BCUT2D eigenvalue weighted by Gasteiger charge is -2.29. The molecule has 1 fully saturated rings. The predicted octanol–water partition coefficient (Wildman–Crippen LogP) is 5.85. The molecular weight excluding hydrogens is 462 g/mol. The van der Waals surface area contributed by atoms with Crippen LogP contribution in [0.1, 0.15) is 52.7 Å². The van der Waals surface area contributed by atoms with E-state index in [0.29, 0.717) is 46.0 Å². The van der Waals surface area contributed by atoms with E-state index in [9.17, 15) is 18.0 Å². The Bertz CT molecular complexity index is 1050. The topological polar surface area (TPSA) is 53.5 Å². The molecule has 0 atom stereocenters. The van der Waals surface area contributed by atoms with Crippen molar-refractivity contribution in [2.45, 2.75) is 44.4 Å². The maximum atomic E-state index is 13.0. The van der Waals surface area contributed by atoms with Gasteiger partial charge in [0.1, 0.15) is 5.84 Å². The lowest BCUT2D eigenvalue weighted by atomic mass is 9.85. The van der Waals surface area contributed by atoms with Crippen molar-refractivity contribution in [1.29, 1.82) is 0 Å². The van der Waals surface area contributed by atoms with Crippen LogP contribution in [0.25, 0.3) is 0 Å². The van der Waals surface area contributed by atoms with Crippen molar-refractivity contribution >= 4 is 34.9 Å². The van der Waals surface area contributed by atoms with Crippen LogP contribution in [0.4, 0.5) is 13.2 Å². The fraction of sp³-hybridized carbons (Fsp3) is 0.391. The van der Waals surface area contributed by atoms with Crippen LogP contribution < -0.4 is 10.6 Å². The van der Waals surface area contributed by atoms with Crippen LogP contribution >= 0.6 is 23.2 Å². The van der Waals surface area contributed by atoms with Gasteiger partial charge >= 0.3 is 6.18 Å². The predicted molar refractivity (Wildman–Crippen MR) is 119 cm³/mol. The Morgan fingerprint density at radius 1 is 1.06 bits per heavy atom. The molecule has 9 heteroatoms. The Balaban J connectivity index is 1.28. The summed E-state index contributed by atoms with van der Waals surface area (Å²) in [6.07, 6.45) is -0.954. The molecule has 0 saturated heterocycles. The third-order valence-corrected chi connectivity index (χ3v) is 6.58. The molecule has 1 amide bonds. The van der Waals surface area contributed by atoms with Crippen molar-refractivity contribution in [2.75, 3.05) is 6.54 Å². The number of amides is 1. The summed E-state index contributed by atoms with van der Waals surface area (Å²) in [5.41, 5.74) is 1.02. The second kappa shape index (κ2) is 9.32. The summed E-state index contributed by atoms with van der Waals surface area (Å²) in [5.74, 6) is 0.643. The highest BCUT2D eigenvalue weighted by Gasteiger charge is 2.32. The van der Waals surface area contributed by atoms with E-state index in [4.69, 9.17) is 23.2 Å². The van der Waals surface area contributed by atoms with Crippen LogP contribution in [0.2, 0.25) is 10.0 Å². The van der Waals surface area contributed by atoms with E-state index in [2.05, 4.69) is 15.6 Å². The van der Waals surface area contributed by atoms with Gasteiger partial charge in [0.15, 0.2) is 0 Å². The Kier molecular flexibility index (Phi) is 6.67. The molecule has 170 valence electrons. The average molecular weight is 484 g/mol. The molecule has 1 heterocycles. The standard InChI is InChI=1S/C23H22Cl2F3N3O/c24-16-5-8-20(25)19(10-16)22(32)31-17-6-1-13(2-7-17)11-29-21-18-9-15(23(26,27)28)4-3-14(18)12-30-21/h3-5,8-10,13,17H,1-2,6-7,11-12H2,(H,29,30)(H,31,32). The first-order valence-corrected chi connectivity index (χ1v) is 11.2. The van der Waals surface area contributed by atoms with E-state index in [1.54, 1.807) is 18.2 Å². The fourth-order valence-corrected chi connectivity index (χ4v) is 4.57. The zero-order chi connectivity index (χ0) is 22.9. The lowest BCUT2D eigenvalue weighted by molar-refractivity contribution is -0.137. The Morgan fingerprint density at radius 2 is 1.81 bits per heavy atom. The summed E-state index contributed by atoms with van der Waals surface area (Å²) in [6.45, 7) is 1.02. The Labute approximate surface area is 194 Å². The minimum absolute atomic E-state index is 0.0488. The van der Waals surface area contributed by atoms with E-state index < -0.39 is 11.7 Å². The van der Waals surface area contributed by atoms with Crippen LogP contribution in [0.15, 0.2) is 41.4 Å². The third-order valence-electron chi connectivity index (χ3n) is 6.01. The number of benzene rings is 2. The molecule has 0 unspecified atom stereocenters. The molecular formula is C23H22Cl2F3N3O. The SMILES string of the molecule is O=C(NC1CCC(CNC2=NCc3ccc(C(F)(F)F)cc32)CC1)c1cc(Cl)ccc1Cl. The molecule has 2 aromatic carbocycles. The largest absolute Gasteiger partial charge is 0.416 e. The summed E-state index contributed by atoms with van der Waals surface area (Å²) in [7, 11) is 0. The summed E-state index contributed by atoms with van der Waals surface area (Å²) in [5, 5.41) is 7.08. The van der Waals surface area contributed by atoms with Crippen LogP contribution in [-0.4, -0.2) is 24.3 Å². The molecule has 1 aliphatic carbocycles. The highest BCUT2D eigenvalue weighted by Crippen LogP contribution is 2.32. The van der Waals surface area contributed by atoms with Crippen molar-refractivity contribution in [3.8, 4) is 0 Å². The summed E-state index contributed by atoms with van der Waals surface area (Å²) >= 11 is 12.1. The first-order valence-electron chi connectivity index (χ1n) is 10.5. The number of aliphatic imine (C=N–C) groups is 1. The number of hydrogen-bond acceptors (Lipinski definition) is 3. The molecule has 2 aromatic rings. The number of hydrogen-bond donors (Lipinski definition) is 2. The molecule has 0 radical (unpaired) electrons. The van der Waals surface area contributed by atoms with Gasteiger partial charge in [0.05, 0.1) is 22.7 Å². The molecule has 4 nitrogen and oxygen atoms in total. The van der Waals surface area contributed by atoms with Crippen molar-refractivity contribution in [2.24, 2.45) is 10.9 Å². The van der Waals surface area contributed by atoms with E-state index in [1.807, 2.05) is 0 Å². The average Bonchev–Trinajstić information content (AvgIpc) is 3.16. The fourth-order valence-electron chi connectivity index (χ4n) is 4.20. The van der Waals surface area contributed by atoms with Gasteiger partial charge in [0.25, 0.3) is 5.91 Å². The first kappa shape index (κ1) is 22.9. The molecule has 2 N–H and O–H groups in total. The third kappa shape index (κ3) is 5.21. The normalized spacial score (nSPS) is 20.5. The van der Waals surface area contributed by atoms with E-state index in [-0.39, 0.29) is 11.9 Å². The molecule has 1 aliphatic heterocycles. The maximum Gasteiger partial charge on any atom is 0.416 e. The number of fused-ring (bicyclic) bond motifs is 1. The molecule has 4 rings (SSSR count). The zero-order valence-corrected chi connectivity index (χ0v) is 18.6. The van der Waals surface area contributed by atoms with Crippen molar-refractivity contribution in [3.05, 3.63) is 68.7 Å². The van der Waals surface area contributed by atoms with Gasteiger partial charge in [-0.15, -0.1) is 0 Å². The minimum atomic E-state index is -4.37. The number of carbonyl (C=O) groups excluding carboxylic acids is 1. The first-order chi connectivity index (χ1) is 15.2. The van der Waals surface area contributed by atoms with Gasteiger partial charge in [-0.2, -0.15) is 13.2 Å². The van der Waals surface area contributed by atoms with Gasteiger partial charge in [-0.25, -0.2) is 0 Å². The molecule has 0 bridgehead atoms. The summed E-state index contributed by atoms with van der Waals surface area (Å²) < 4.78 is 39.1. The Hall–Kier alpha value is -2.25. The monoisotopic (exact) mass is 483 g/mol. The second-order valence-corrected chi connectivity index (χ2v) is 9.07. The number of nitrogens with zero attached hydrogens (tertiary/aromatic N) is 1. The number of halogens is 5. The van der Waals surface area contributed by atoms with Crippen LogP contribution in [-0.2, 0) is 12.7 Å².